The lowest BCUT2D eigenvalue weighted by molar-refractivity contribution is -0.144. The normalized spacial score (nSPS) is 22.3. The van der Waals surface area contributed by atoms with Crippen molar-refractivity contribution < 1.29 is 26.0 Å². The molecule has 0 radical (unpaired) electrons. The first kappa shape index (κ1) is 12.8. The van der Waals surface area contributed by atoms with Crippen LogP contribution in [-0.2, 0) is 14.4 Å². The minimum atomic E-state index is -1.21. The van der Waals surface area contributed by atoms with Crippen LogP contribution in [0.3, 0.4) is 0 Å². The molecule has 2 atom stereocenters. The first-order chi connectivity index (χ1) is 8.84. The summed E-state index contributed by atoms with van der Waals surface area (Å²) in [6, 6.07) is -2.04. The maximum Gasteiger partial charge on any atom is 0.322 e. The summed E-state index contributed by atoms with van der Waals surface area (Å²) in [5, 5.41) is 18.7. The molecule has 0 aromatic carbocycles. The SMILES string of the molecule is [2H]N(C(=O)CC[C@H](N)C(=O)O)N1CCC[C@H]1C(=O)O. The molecule has 18 heavy (non-hydrogen) atoms. The Morgan fingerprint density at radius 2 is 2.17 bits per heavy atom. The third-order valence-corrected chi connectivity index (χ3v) is 2.74. The number of rotatable bonds is 6. The molecule has 1 amide bonds. The first-order valence-electron chi connectivity index (χ1n) is 6.09. The highest BCUT2D eigenvalue weighted by molar-refractivity contribution is 5.79. The molecule has 0 aromatic heterocycles. The minimum absolute atomic E-state index is 0.0882. The molecular weight excluding hydrogens is 242 g/mol. The summed E-state index contributed by atoms with van der Waals surface area (Å²) in [6.45, 7) is 0.317. The average Bonchev–Trinajstić information content (AvgIpc) is 2.83. The number of hydrogen-bond donors (Lipinski definition) is 4. The van der Waals surface area contributed by atoms with Gasteiger partial charge in [-0.3, -0.25) is 19.8 Å². The summed E-state index contributed by atoms with van der Waals surface area (Å²) in [6.07, 6.45) is 0.676. The van der Waals surface area contributed by atoms with Crippen LogP contribution in [0.1, 0.15) is 25.7 Å². The van der Waals surface area contributed by atoms with Gasteiger partial charge in [-0.15, -0.1) is 0 Å². The van der Waals surface area contributed by atoms with Gasteiger partial charge in [0.15, 0.2) is 1.41 Å². The molecule has 1 saturated heterocycles. The molecule has 1 rings (SSSR count). The largest absolute Gasteiger partial charge is 0.480 e. The number of hydrazine groups is 1. The van der Waals surface area contributed by atoms with Crippen molar-refractivity contribution in [3.05, 3.63) is 0 Å². The van der Waals surface area contributed by atoms with Crippen molar-refractivity contribution in [2.45, 2.75) is 37.8 Å². The van der Waals surface area contributed by atoms with Gasteiger partial charge >= 0.3 is 11.9 Å². The summed E-state index contributed by atoms with van der Waals surface area (Å²) < 4.78 is 7.61. The summed E-state index contributed by atoms with van der Waals surface area (Å²) in [5.74, 6) is -2.96. The number of carboxylic acid groups (broad SMARTS) is 2. The van der Waals surface area contributed by atoms with E-state index in [0.717, 1.165) is 5.01 Å². The van der Waals surface area contributed by atoms with Gasteiger partial charge in [0, 0.05) is 13.0 Å². The van der Waals surface area contributed by atoms with E-state index in [-0.39, 0.29) is 12.8 Å². The molecule has 1 aliphatic heterocycles. The lowest BCUT2D eigenvalue weighted by Crippen LogP contribution is -2.48. The third-order valence-electron chi connectivity index (χ3n) is 2.74. The Morgan fingerprint density at radius 1 is 1.50 bits per heavy atom. The van der Waals surface area contributed by atoms with Crippen molar-refractivity contribution in [3.63, 3.8) is 0 Å². The van der Waals surface area contributed by atoms with Gasteiger partial charge in [-0.1, -0.05) is 0 Å². The molecule has 5 N–H and O–H groups in total. The van der Waals surface area contributed by atoms with Crippen molar-refractivity contribution in [3.8, 4) is 0 Å². The van der Waals surface area contributed by atoms with Crippen LogP contribution in [0.15, 0.2) is 0 Å². The summed E-state index contributed by atoms with van der Waals surface area (Å²) in [4.78, 5) is 33.1. The standard InChI is InChI=1S/C10H17N3O5/c11-6(9(15)16)3-4-8(14)12-13-5-1-2-7(13)10(17)18/h6-7H,1-5,11H2,(H,12,14)(H,15,16)(H,17,18)/t6-,7-/m0/s1/i/hD. The number of hydrogen-bond acceptors (Lipinski definition) is 5. The van der Waals surface area contributed by atoms with Gasteiger partial charge in [0.2, 0.25) is 5.91 Å². The van der Waals surface area contributed by atoms with Gasteiger partial charge in [0.25, 0.3) is 0 Å². The van der Waals surface area contributed by atoms with E-state index in [0.29, 0.717) is 24.8 Å². The Kier molecular flexibility index (Phi) is 4.48. The van der Waals surface area contributed by atoms with Crippen molar-refractivity contribution in [2.24, 2.45) is 5.73 Å². The maximum atomic E-state index is 11.7. The van der Waals surface area contributed by atoms with Crippen LogP contribution in [0.4, 0.5) is 0 Å². The van der Waals surface area contributed by atoms with Crippen LogP contribution < -0.4 is 11.2 Å². The van der Waals surface area contributed by atoms with Gasteiger partial charge in [-0.05, 0) is 19.3 Å². The summed E-state index contributed by atoms with van der Waals surface area (Å²) in [7, 11) is 0. The average molecular weight is 260 g/mol. The number of aliphatic carboxylic acids is 2. The van der Waals surface area contributed by atoms with Gasteiger partial charge in [0.05, 0.1) is 0 Å². The molecule has 1 fully saturated rings. The molecular formula is C10H17N3O5. The zero-order valence-electron chi connectivity index (χ0n) is 10.8. The Hall–Kier alpha value is -1.67. The number of carbonyl (C=O) groups excluding carboxylic acids is 1. The molecule has 0 unspecified atom stereocenters. The van der Waals surface area contributed by atoms with Crippen molar-refractivity contribution >= 4 is 17.8 Å². The second-order valence-electron chi connectivity index (χ2n) is 4.14. The first-order valence-corrected chi connectivity index (χ1v) is 5.64. The van der Waals surface area contributed by atoms with E-state index in [2.05, 4.69) is 0 Å². The Bertz CT molecular complexity index is 378. The molecule has 8 heteroatoms. The second-order valence-corrected chi connectivity index (χ2v) is 4.14. The Morgan fingerprint density at radius 3 is 2.72 bits per heavy atom. The van der Waals surface area contributed by atoms with Gasteiger partial charge in [0.1, 0.15) is 12.1 Å². The van der Waals surface area contributed by atoms with Crippen LogP contribution in [0, 0.1) is 0 Å². The van der Waals surface area contributed by atoms with Gasteiger partial charge in [-0.2, -0.15) is 0 Å². The van der Waals surface area contributed by atoms with Crippen molar-refractivity contribution in [1.29, 1.82) is 0 Å². The van der Waals surface area contributed by atoms with Crippen LogP contribution in [0.5, 0.6) is 0 Å². The minimum Gasteiger partial charge on any atom is -0.480 e. The van der Waals surface area contributed by atoms with Crippen LogP contribution in [0.25, 0.3) is 0 Å². The zero-order valence-corrected chi connectivity index (χ0v) is 9.78. The zero-order chi connectivity index (χ0) is 14.6. The summed E-state index contributed by atoms with van der Waals surface area (Å²) >= 11 is 0. The smallest absolute Gasteiger partial charge is 0.322 e. The molecule has 1 aliphatic rings. The lowest BCUT2D eigenvalue weighted by atomic mass is 10.1. The highest BCUT2D eigenvalue weighted by atomic mass is 16.4. The number of nitrogens with zero attached hydrogens (tertiary/aromatic N) is 1. The van der Waals surface area contributed by atoms with E-state index in [9.17, 15) is 14.4 Å². The topological polar surface area (TPSA) is 133 Å². The number of carbonyl (C=O) groups is 3. The van der Waals surface area contributed by atoms with E-state index in [1.165, 1.54) is 0 Å². The van der Waals surface area contributed by atoms with Crippen molar-refractivity contribution in [2.75, 3.05) is 6.54 Å². The fourth-order valence-electron chi connectivity index (χ4n) is 1.72. The van der Waals surface area contributed by atoms with E-state index >= 15 is 0 Å². The number of nitrogens with one attached hydrogen (secondary N) is 1. The Balaban J connectivity index is 2.52. The highest BCUT2D eigenvalue weighted by Gasteiger charge is 2.31. The monoisotopic (exact) mass is 260 g/mol. The fraction of sp³-hybridized carbons (Fsp3) is 0.700. The highest BCUT2D eigenvalue weighted by Crippen LogP contribution is 2.14. The van der Waals surface area contributed by atoms with Gasteiger partial charge < -0.3 is 15.9 Å². The predicted molar refractivity (Wildman–Crippen MR) is 60.4 cm³/mol. The summed E-state index contributed by atoms with van der Waals surface area (Å²) in [5.41, 5.74) is 5.77. The molecule has 0 saturated carbocycles. The number of carboxylic acids is 2. The molecule has 0 bridgehead atoms. The van der Waals surface area contributed by atoms with Crippen LogP contribution in [0.2, 0.25) is 1.41 Å². The molecule has 1 heterocycles. The van der Waals surface area contributed by atoms with E-state index in [4.69, 9.17) is 17.4 Å². The van der Waals surface area contributed by atoms with E-state index in [1.807, 2.05) is 0 Å². The van der Waals surface area contributed by atoms with Crippen LogP contribution in [-0.4, -0.2) is 51.7 Å². The van der Waals surface area contributed by atoms with Crippen LogP contribution >= 0.6 is 0 Å². The number of amides is 1. The lowest BCUT2D eigenvalue weighted by Gasteiger charge is -2.21. The maximum absolute atomic E-state index is 11.7. The number of nitrogens with two attached hydrogens (primary N) is 1. The predicted octanol–water partition coefficient (Wildman–Crippen LogP) is -1.24. The molecule has 0 aliphatic carbocycles. The molecule has 0 spiro atoms. The Labute approximate surface area is 105 Å². The van der Waals surface area contributed by atoms with Gasteiger partial charge in [-0.25, -0.2) is 5.01 Å². The van der Waals surface area contributed by atoms with E-state index in [1.54, 1.807) is 0 Å². The molecule has 8 nitrogen and oxygen atoms in total. The van der Waals surface area contributed by atoms with Crippen molar-refractivity contribution in [1.82, 2.24) is 10.4 Å². The quantitative estimate of drug-likeness (QED) is 0.469. The molecule has 102 valence electrons. The van der Waals surface area contributed by atoms with E-state index < -0.39 is 29.9 Å². The fourth-order valence-corrected chi connectivity index (χ4v) is 1.72. The third kappa shape index (κ3) is 3.97. The molecule has 0 aromatic rings. The second kappa shape index (κ2) is 6.31.